The molecule has 0 spiro atoms. The normalized spacial score (nSPS) is 23.5. The van der Waals surface area contributed by atoms with Gasteiger partial charge in [0.15, 0.2) is 5.13 Å². The highest BCUT2D eigenvalue weighted by molar-refractivity contribution is 7.13. The van der Waals surface area contributed by atoms with Crippen molar-refractivity contribution in [1.29, 1.82) is 0 Å². The molecular weight excluding hydrogens is 260 g/mol. The Kier molecular flexibility index (Phi) is 5.30. The van der Waals surface area contributed by atoms with Gasteiger partial charge in [0.1, 0.15) is 0 Å². The van der Waals surface area contributed by atoms with Crippen molar-refractivity contribution in [1.82, 2.24) is 15.2 Å². The summed E-state index contributed by atoms with van der Waals surface area (Å²) < 4.78 is 0. The van der Waals surface area contributed by atoms with E-state index in [0.717, 1.165) is 12.8 Å². The zero-order chi connectivity index (χ0) is 13.7. The van der Waals surface area contributed by atoms with Crippen LogP contribution in [0.15, 0.2) is 11.6 Å². The van der Waals surface area contributed by atoms with Crippen LogP contribution in [-0.4, -0.2) is 48.5 Å². The molecule has 0 unspecified atom stereocenters. The molecule has 0 atom stereocenters. The molecular formula is C13H22N4OS. The lowest BCUT2D eigenvalue weighted by Crippen LogP contribution is -2.42. The third-order valence-corrected chi connectivity index (χ3v) is 4.49. The van der Waals surface area contributed by atoms with Crippen molar-refractivity contribution in [3.05, 3.63) is 11.6 Å². The van der Waals surface area contributed by atoms with Gasteiger partial charge < -0.3 is 10.6 Å². The second kappa shape index (κ2) is 6.98. The van der Waals surface area contributed by atoms with Crippen LogP contribution in [0.3, 0.4) is 0 Å². The maximum absolute atomic E-state index is 11.9. The largest absolute Gasteiger partial charge is 0.317 e. The molecule has 1 aromatic rings. The summed E-state index contributed by atoms with van der Waals surface area (Å²) in [4.78, 5) is 18.1. The third kappa shape index (κ3) is 4.26. The van der Waals surface area contributed by atoms with E-state index >= 15 is 0 Å². The Balaban J connectivity index is 1.74. The number of likely N-dealkylation sites (N-methyl/N-ethyl adjacent to an activating group) is 1. The van der Waals surface area contributed by atoms with Crippen molar-refractivity contribution >= 4 is 22.4 Å². The molecule has 2 N–H and O–H groups in total. The van der Waals surface area contributed by atoms with Gasteiger partial charge in [-0.15, -0.1) is 11.3 Å². The number of carbonyl (C=O) groups excluding carboxylic acids is 1. The Morgan fingerprint density at radius 3 is 2.79 bits per heavy atom. The second-order valence-corrected chi connectivity index (χ2v) is 5.99. The molecule has 1 fully saturated rings. The number of aromatic nitrogens is 1. The van der Waals surface area contributed by atoms with E-state index < -0.39 is 0 Å². The van der Waals surface area contributed by atoms with Gasteiger partial charge in [0.05, 0.1) is 6.54 Å². The number of thiazole rings is 1. The predicted molar refractivity (Wildman–Crippen MR) is 78.5 cm³/mol. The standard InChI is InChI=1S/C13H22N4OS/c1-14-10-3-5-11(6-4-10)17(2)9-12(18)16-13-15-7-8-19-13/h7-8,10-11,14H,3-6,9H2,1-2H3,(H,15,16,18). The molecule has 106 valence electrons. The topological polar surface area (TPSA) is 57.3 Å². The lowest BCUT2D eigenvalue weighted by atomic mass is 9.90. The Morgan fingerprint density at radius 1 is 1.47 bits per heavy atom. The first-order chi connectivity index (χ1) is 9.19. The van der Waals surface area contributed by atoms with E-state index in [0.29, 0.717) is 23.8 Å². The lowest BCUT2D eigenvalue weighted by Gasteiger charge is -2.34. The van der Waals surface area contributed by atoms with Gasteiger partial charge in [-0.1, -0.05) is 0 Å². The number of nitrogens with one attached hydrogen (secondary N) is 2. The highest BCUT2D eigenvalue weighted by Crippen LogP contribution is 2.22. The average molecular weight is 282 g/mol. The summed E-state index contributed by atoms with van der Waals surface area (Å²) in [6.07, 6.45) is 6.40. The molecule has 1 saturated carbocycles. The number of anilines is 1. The number of amides is 1. The highest BCUT2D eigenvalue weighted by atomic mass is 32.1. The quantitative estimate of drug-likeness (QED) is 0.860. The number of rotatable bonds is 5. The third-order valence-electron chi connectivity index (χ3n) is 3.80. The molecule has 0 aliphatic heterocycles. The van der Waals surface area contributed by atoms with Crippen molar-refractivity contribution < 1.29 is 4.79 Å². The summed E-state index contributed by atoms with van der Waals surface area (Å²) in [7, 11) is 4.06. The maximum Gasteiger partial charge on any atom is 0.240 e. The van der Waals surface area contributed by atoms with Crippen LogP contribution in [0.25, 0.3) is 0 Å². The van der Waals surface area contributed by atoms with Gasteiger partial charge in [-0.3, -0.25) is 9.69 Å². The summed E-state index contributed by atoms with van der Waals surface area (Å²) >= 11 is 1.45. The van der Waals surface area contributed by atoms with Crippen LogP contribution in [0, 0.1) is 0 Å². The van der Waals surface area contributed by atoms with Crippen LogP contribution < -0.4 is 10.6 Å². The van der Waals surface area contributed by atoms with Gasteiger partial charge in [0.2, 0.25) is 5.91 Å². The summed E-state index contributed by atoms with van der Waals surface area (Å²) in [5, 5.41) is 8.69. The Hall–Kier alpha value is -0.980. The number of nitrogens with zero attached hydrogens (tertiary/aromatic N) is 2. The lowest BCUT2D eigenvalue weighted by molar-refractivity contribution is -0.117. The molecule has 0 radical (unpaired) electrons. The van der Waals surface area contributed by atoms with Crippen LogP contribution in [0.1, 0.15) is 25.7 Å². The summed E-state index contributed by atoms with van der Waals surface area (Å²) in [6.45, 7) is 0.439. The second-order valence-electron chi connectivity index (χ2n) is 5.09. The van der Waals surface area contributed by atoms with Gasteiger partial charge in [0, 0.05) is 23.7 Å². The van der Waals surface area contributed by atoms with E-state index in [1.165, 1.54) is 24.2 Å². The molecule has 0 bridgehead atoms. The van der Waals surface area contributed by atoms with Gasteiger partial charge in [-0.2, -0.15) is 0 Å². The van der Waals surface area contributed by atoms with E-state index in [9.17, 15) is 4.79 Å². The minimum atomic E-state index is 0.0215. The molecule has 1 aliphatic rings. The van der Waals surface area contributed by atoms with E-state index in [2.05, 4.69) is 20.5 Å². The molecule has 5 nitrogen and oxygen atoms in total. The SMILES string of the molecule is CNC1CCC(N(C)CC(=O)Nc2nccs2)CC1. The Morgan fingerprint density at radius 2 is 2.21 bits per heavy atom. The van der Waals surface area contributed by atoms with Crippen molar-refractivity contribution in [3.63, 3.8) is 0 Å². The van der Waals surface area contributed by atoms with Crippen molar-refractivity contribution in [2.45, 2.75) is 37.8 Å². The molecule has 6 heteroatoms. The van der Waals surface area contributed by atoms with Gasteiger partial charge in [-0.25, -0.2) is 4.98 Å². The highest BCUT2D eigenvalue weighted by Gasteiger charge is 2.24. The minimum absolute atomic E-state index is 0.0215. The zero-order valence-corrected chi connectivity index (χ0v) is 12.4. The van der Waals surface area contributed by atoms with Crippen LogP contribution in [-0.2, 0) is 4.79 Å². The average Bonchev–Trinajstić information content (AvgIpc) is 2.91. The first-order valence-corrected chi connectivity index (χ1v) is 7.64. The minimum Gasteiger partial charge on any atom is -0.317 e. The van der Waals surface area contributed by atoms with Crippen LogP contribution in [0.5, 0.6) is 0 Å². The monoisotopic (exact) mass is 282 g/mol. The number of carbonyl (C=O) groups is 1. The van der Waals surface area contributed by atoms with Gasteiger partial charge >= 0.3 is 0 Å². The molecule has 0 aromatic carbocycles. The summed E-state index contributed by atoms with van der Waals surface area (Å²) in [5.74, 6) is 0.0215. The molecule has 19 heavy (non-hydrogen) atoms. The van der Waals surface area contributed by atoms with Crippen LogP contribution in [0.2, 0.25) is 0 Å². The maximum atomic E-state index is 11.9. The number of hydrogen-bond donors (Lipinski definition) is 2. The first kappa shape index (κ1) is 14.4. The Labute approximate surface area is 118 Å². The summed E-state index contributed by atoms with van der Waals surface area (Å²) in [5.41, 5.74) is 0. The fourth-order valence-electron chi connectivity index (χ4n) is 2.60. The predicted octanol–water partition coefficient (Wildman–Crippen LogP) is 1.54. The smallest absolute Gasteiger partial charge is 0.240 e. The molecule has 2 rings (SSSR count). The molecule has 1 aromatic heterocycles. The van der Waals surface area contributed by atoms with E-state index in [1.807, 2.05) is 19.5 Å². The van der Waals surface area contributed by atoms with E-state index in [-0.39, 0.29) is 5.91 Å². The van der Waals surface area contributed by atoms with Crippen molar-refractivity contribution in [2.24, 2.45) is 0 Å². The molecule has 1 amide bonds. The Bertz CT molecular complexity index is 387. The van der Waals surface area contributed by atoms with Gasteiger partial charge in [0.25, 0.3) is 0 Å². The van der Waals surface area contributed by atoms with Gasteiger partial charge in [-0.05, 0) is 39.8 Å². The molecule has 0 saturated heterocycles. The van der Waals surface area contributed by atoms with E-state index in [1.54, 1.807) is 6.20 Å². The van der Waals surface area contributed by atoms with Crippen molar-refractivity contribution in [2.75, 3.05) is 26.0 Å². The van der Waals surface area contributed by atoms with Crippen molar-refractivity contribution in [3.8, 4) is 0 Å². The van der Waals surface area contributed by atoms with E-state index in [4.69, 9.17) is 0 Å². The fourth-order valence-corrected chi connectivity index (χ4v) is 3.15. The zero-order valence-electron chi connectivity index (χ0n) is 11.6. The number of hydrogen-bond acceptors (Lipinski definition) is 5. The first-order valence-electron chi connectivity index (χ1n) is 6.76. The van der Waals surface area contributed by atoms with Crippen LogP contribution in [0.4, 0.5) is 5.13 Å². The molecule has 1 aliphatic carbocycles. The fraction of sp³-hybridized carbons (Fsp3) is 0.692. The van der Waals surface area contributed by atoms with Crippen LogP contribution >= 0.6 is 11.3 Å². The summed E-state index contributed by atoms with van der Waals surface area (Å²) in [6, 6.07) is 1.17. The molecule has 1 heterocycles.